The predicted octanol–water partition coefficient (Wildman–Crippen LogP) is 1.52. The normalized spacial score (nSPS) is 18.8. The van der Waals surface area contributed by atoms with E-state index in [1.54, 1.807) is 0 Å². The summed E-state index contributed by atoms with van der Waals surface area (Å²) in [4.78, 5) is 13.7. The van der Waals surface area contributed by atoms with Crippen molar-refractivity contribution in [3.63, 3.8) is 0 Å². The van der Waals surface area contributed by atoms with Gasteiger partial charge in [0.2, 0.25) is 5.91 Å². The first-order chi connectivity index (χ1) is 6.61. The van der Waals surface area contributed by atoms with Crippen molar-refractivity contribution in [1.82, 2.24) is 4.90 Å². The molecule has 82 valence electrons. The summed E-state index contributed by atoms with van der Waals surface area (Å²) in [5.41, 5.74) is 5.88. The molecular formula is C11H22N2O. The molecule has 0 saturated heterocycles. The van der Waals surface area contributed by atoms with Gasteiger partial charge in [-0.1, -0.05) is 6.92 Å². The van der Waals surface area contributed by atoms with E-state index in [-0.39, 0.29) is 11.4 Å². The average Bonchev–Trinajstić information content (AvgIpc) is 2.11. The Morgan fingerprint density at radius 1 is 1.43 bits per heavy atom. The van der Waals surface area contributed by atoms with Crippen molar-refractivity contribution >= 4 is 5.91 Å². The summed E-state index contributed by atoms with van der Waals surface area (Å²) in [5, 5.41) is 0. The molecule has 0 heterocycles. The highest BCUT2D eigenvalue weighted by Crippen LogP contribution is 2.32. The lowest BCUT2D eigenvalue weighted by molar-refractivity contribution is -0.133. The molecule has 0 aromatic rings. The molecule has 1 saturated carbocycles. The van der Waals surface area contributed by atoms with Crippen molar-refractivity contribution < 1.29 is 4.79 Å². The van der Waals surface area contributed by atoms with E-state index in [0.29, 0.717) is 6.42 Å². The van der Waals surface area contributed by atoms with E-state index >= 15 is 0 Å². The molecule has 0 aliphatic heterocycles. The fourth-order valence-electron chi connectivity index (χ4n) is 1.95. The van der Waals surface area contributed by atoms with Crippen LogP contribution in [0.5, 0.6) is 0 Å². The third kappa shape index (κ3) is 2.71. The van der Waals surface area contributed by atoms with E-state index in [2.05, 4.69) is 6.92 Å². The predicted molar refractivity (Wildman–Crippen MR) is 57.9 cm³/mol. The van der Waals surface area contributed by atoms with Gasteiger partial charge < -0.3 is 10.6 Å². The van der Waals surface area contributed by atoms with Crippen LogP contribution >= 0.6 is 0 Å². The first-order valence-electron chi connectivity index (χ1n) is 5.68. The van der Waals surface area contributed by atoms with Gasteiger partial charge in [-0.3, -0.25) is 4.79 Å². The Kier molecular flexibility index (Phi) is 3.93. The van der Waals surface area contributed by atoms with Crippen LogP contribution in [-0.4, -0.2) is 29.4 Å². The van der Waals surface area contributed by atoms with Crippen molar-refractivity contribution in [2.75, 3.05) is 13.1 Å². The van der Waals surface area contributed by atoms with Gasteiger partial charge in [-0.25, -0.2) is 0 Å². The first kappa shape index (κ1) is 11.5. The molecule has 1 fully saturated rings. The lowest BCUT2D eigenvalue weighted by atomic mass is 9.75. The van der Waals surface area contributed by atoms with Crippen LogP contribution in [0.2, 0.25) is 0 Å². The van der Waals surface area contributed by atoms with Crippen molar-refractivity contribution in [3.05, 3.63) is 0 Å². The van der Waals surface area contributed by atoms with Gasteiger partial charge in [-0.2, -0.15) is 0 Å². The summed E-state index contributed by atoms with van der Waals surface area (Å²) >= 11 is 0. The van der Waals surface area contributed by atoms with Crippen LogP contribution < -0.4 is 5.73 Å². The maximum atomic E-state index is 11.8. The van der Waals surface area contributed by atoms with Crippen molar-refractivity contribution in [3.8, 4) is 0 Å². The molecule has 0 unspecified atom stereocenters. The number of carbonyl (C=O) groups excluding carboxylic acids is 1. The van der Waals surface area contributed by atoms with Gasteiger partial charge in [0.1, 0.15) is 0 Å². The number of hydrogen-bond donors (Lipinski definition) is 1. The lowest BCUT2D eigenvalue weighted by Crippen LogP contribution is -2.50. The second-order valence-electron chi connectivity index (χ2n) is 4.37. The zero-order valence-electron chi connectivity index (χ0n) is 9.38. The minimum absolute atomic E-state index is 0.168. The summed E-state index contributed by atoms with van der Waals surface area (Å²) in [5.74, 6) is 0.233. The Balaban J connectivity index is 2.38. The Morgan fingerprint density at radius 2 is 2.07 bits per heavy atom. The first-order valence-corrected chi connectivity index (χ1v) is 5.68. The van der Waals surface area contributed by atoms with E-state index in [4.69, 9.17) is 5.73 Å². The molecule has 0 aromatic carbocycles. The molecule has 0 spiro atoms. The lowest BCUT2D eigenvalue weighted by Gasteiger charge is -2.38. The van der Waals surface area contributed by atoms with E-state index in [0.717, 1.165) is 32.4 Å². The zero-order chi connectivity index (χ0) is 10.6. The summed E-state index contributed by atoms with van der Waals surface area (Å²) in [6, 6.07) is 0. The van der Waals surface area contributed by atoms with Crippen LogP contribution in [0.15, 0.2) is 0 Å². The van der Waals surface area contributed by atoms with E-state index < -0.39 is 0 Å². The van der Waals surface area contributed by atoms with Crippen LogP contribution in [-0.2, 0) is 4.79 Å². The van der Waals surface area contributed by atoms with Crippen molar-refractivity contribution in [2.24, 2.45) is 5.73 Å². The van der Waals surface area contributed by atoms with Gasteiger partial charge in [0.25, 0.3) is 0 Å². The van der Waals surface area contributed by atoms with Crippen LogP contribution in [0.3, 0.4) is 0 Å². The molecule has 3 heteroatoms. The summed E-state index contributed by atoms with van der Waals surface area (Å²) < 4.78 is 0. The number of hydrogen-bond acceptors (Lipinski definition) is 2. The minimum Gasteiger partial charge on any atom is -0.343 e. The SMILES string of the molecule is CCCN(CC)C(=O)CC1(N)CCC1. The smallest absolute Gasteiger partial charge is 0.224 e. The van der Waals surface area contributed by atoms with Gasteiger partial charge in [0.05, 0.1) is 0 Å². The third-order valence-corrected chi connectivity index (χ3v) is 3.08. The van der Waals surface area contributed by atoms with Gasteiger partial charge >= 0.3 is 0 Å². The molecule has 0 bridgehead atoms. The molecule has 2 N–H and O–H groups in total. The second kappa shape index (κ2) is 4.78. The topological polar surface area (TPSA) is 46.3 Å². The number of nitrogens with zero attached hydrogens (tertiary/aromatic N) is 1. The molecule has 0 atom stereocenters. The zero-order valence-corrected chi connectivity index (χ0v) is 9.38. The summed E-state index contributed by atoms with van der Waals surface area (Å²) in [7, 11) is 0. The Hall–Kier alpha value is -0.570. The van der Waals surface area contributed by atoms with Gasteiger partial charge in [0, 0.05) is 25.0 Å². The van der Waals surface area contributed by atoms with Crippen molar-refractivity contribution in [2.45, 2.75) is 51.5 Å². The average molecular weight is 198 g/mol. The van der Waals surface area contributed by atoms with Crippen molar-refractivity contribution in [1.29, 1.82) is 0 Å². The highest BCUT2D eigenvalue weighted by Gasteiger charge is 2.35. The fourth-order valence-corrected chi connectivity index (χ4v) is 1.95. The molecule has 0 radical (unpaired) electrons. The number of carbonyl (C=O) groups is 1. The van der Waals surface area contributed by atoms with Crippen LogP contribution in [0.25, 0.3) is 0 Å². The van der Waals surface area contributed by atoms with Crippen LogP contribution in [0.1, 0.15) is 46.0 Å². The Labute approximate surface area is 86.6 Å². The molecule has 3 nitrogen and oxygen atoms in total. The van der Waals surface area contributed by atoms with E-state index in [1.807, 2.05) is 11.8 Å². The molecule has 14 heavy (non-hydrogen) atoms. The molecular weight excluding hydrogens is 176 g/mol. The monoisotopic (exact) mass is 198 g/mol. The minimum atomic E-state index is -0.168. The highest BCUT2D eigenvalue weighted by molar-refractivity contribution is 5.77. The largest absolute Gasteiger partial charge is 0.343 e. The molecule has 1 aliphatic carbocycles. The summed E-state index contributed by atoms with van der Waals surface area (Å²) in [6.45, 7) is 5.79. The van der Waals surface area contributed by atoms with E-state index in [1.165, 1.54) is 6.42 Å². The fraction of sp³-hybridized carbons (Fsp3) is 0.909. The third-order valence-electron chi connectivity index (χ3n) is 3.08. The van der Waals surface area contributed by atoms with E-state index in [9.17, 15) is 4.79 Å². The Morgan fingerprint density at radius 3 is 2.43 bits per heavy atom. The van der Waals surface area contributed by atoms with Crippen LogP contribution in [0, 0.1) is 0 Å². The highest BCUT2D eigenvalue weighted by atomic mass is 16.2. The van der Waals surface area contributed by atoms with Crippen LogP contribution in [0.4, 0.5) is 0 Å². The van der Waals surface area contributed by atoms with Gasteiger partial charge in [-0.15, -0.1) is 0 Å². The molecule has 1 amide bonds. The maximum absolute atomic E-state index is 11.8. The maximum Gasteiger partial charge on any atom is 0.224 e. The molecule has 1 rings (SSSR count). The number of nitrogens with two attached hydrogens (primary N) is 1. The Bertz CT molecular complexity index is 199. The van der Waals surface area contributed by atoms with Gasteiger partial charge in [0.15, 0.2) is 0 Å². The number of rotatable bonds is 5. The summed E-state index contributed by atoms with van der Waals surface area (Å²) in [6.07, 6.45) is 4.78. The number of amides is 1. The molecule has 1 aliphatic rings. The standard InChI is InChI=1S/C11H22N2O/c1-3-8-13(4-2)10(14)9-11(12)6-5-7-11/h3-9,12H2,1-2H3. The quantitative estimate of drug-likeness (QED) is 0.728. The molecule has 0 aromatic heterocycles. The van der Waals surface area contributed by atoms with Gasteiger partial charge in [-0.05, 0) is 32.6 Å². The second-order valence-corrected chi connectivity index (χ2v) is 4.37.